The van der Waals surface area contributed by atoms with Crippen LogP contribution in [0.25, 0.3) is 4.85 Å². The van der Waals surface area contributed by atoms with Crippen LogP contribution in [-0.2, 0) is 4.74 Å². The predicted molar refractivity (Wildman–Crippen MR) is 77.3 cm³/mol. The van der Waals surface area contributed by atoms with Crippen molar-refractivity contribution >= 4 is 11.8 Å². The lowest BCUT2D eigenvalue weighted by Crippen LogP contribution is -2.36. The van der Waals surface area contributed by atoms with E-state index in [1.54, 1.807) is 17.0 Å². The third kappa shape index (κ3) is 4.35. The average molecular weight is 289 g/mol. The fourth-order valence-corrected chi connectivity index (χ4v) is 2.00. The molecule has 0 radical (unpaired) electrons. The zero-order valence-electron chi connectivity index (χ0n) is 12.5. The van der Waals surface area contributed by atoms with Gasteiger partial charge >= 0.3 is 6.09 Å². The fraction of sp³-hybridized carbons (Fsp3) is 0.533. The number of likely N-dealkylation sites (tertiary alicyclic amines) is 1. The summed E-state index contributed by atoms with van der Waals surface area (Å²) < 4.78 is 11.1. The Morgan fingerprint density at radius 3 is 2.81 bits per heavy atom. The smallest absolute Gasteiger partial charge is 0.410 e. The Bertz CT molecular complexity index is 543. The van der Waals surface area contributed by atoms with E-state index in [-0.39, 0.29) is 12.2 Å². The summed E-state index contributed by atoms with van der Waals surface area (Å²) in [5.41, 5.74) is -0.0168. The molecule has 1 saturated heterocycles. The molecule has 1 aliphatic heterocycles. The van der Waals surface area contributed by atoms with Crippen molar-refractivity contribution in [2.24, 2.45) is 0 Å². The molecule has 2 heterocycles. The van der Waals surface area contributed by atoms with Crippen molar-refractivity contribution in [1.82, 2.24) is 9.88 Å². The summed E-state index contributed by atoms with van der Waals surface area (Å²) in [6.07, 6.45) is 1.81. The van der Waals surface area contributed by atoms with Gasteiger partial charge < -0.3 is 14.4 Å². The molecule has 1 atom stereocenters. The Hall–Kier alpha value is -2.29. The van der Waals surface area contributed by atoms with Crippen LogP contribution in [0, 0.1) is 6.57 Å². The van der Waals surface area contributed by atoms with E-state index in [4.69, 9.17) is 16.0 Å². The zero-order chi connectivity index (χ0) is 15.5. The number of nitrogens with zero attached hydrogens (tertiary/aromatic N) is 3. The third-order valence-corrected chi connectivity index (χ3v) is 2.93. The van der Waals surface area contributed by atoms with Crippen molar-refractivity contribution < 1.29 is 14.3 Å². The summed E-state index contributed by atoms with van der Waals surface area (Å²) in [6, 6.07) is 3.33. The highest BCUT2D eigenvalue weighted by Crippen LogP contribution is 2.20. The Morgan fingerprint density at radius 2 is 2.24 bits per heavy atom. The Balaban J connectivity index is 1.87. The molecule has 1 fully saturated rings. The molecule has 0 N–H and O–H groups in total. The first kappa shape index (κ1) is 15.1. The molecule has 1 aromatic rings. The SMILES string of the molecule is [C-]#[N+]c1ccc(O[C@H]2CCN(C(=O)OC(C)(C)C)C2)nc1. The summed E-state index contributed by atoms with van der Waals surface area (Å²) >= 11 is 0. The van der Waals surface area contributed by atoms with Crippen LogP contribution in [0.2, 0.25) is 0 Å². The second-order valence-electron chi connectivity index (χ2n) is 5.92. The lowest BCUT2D eigenvalue weighted by molar-refractivity contribution is 0.0275. The number of hydrogen-bond acceptors (Lipinski definition) is 4. The van der Waals surface area contributed by atoms with Crippen molar-refractivity contribution in [3.05, 3.63) is 29.7 Å². The first-order valence-electron chi connectivity index (χ1n) is 6.85. The monoisotopic (exact) mass is 289 g/mol. The van der Waals surface area contributed by atoms with Crippen molar-refractivity contribution in [3.8, 4) is 5.88 Å². The van der Waals surface area contributed by atoms with Gasteiger partial charge in [-0.25, -0.2) is 14.6 Å². The van der Waals surface area contributed by atoms with Crippen LogP contribution < -0.4 is 4.74 Å². The molecule has 1 aliphatic rings. The number of rotatable bonds is 2. The highest BCUT2D eigenvalue weighted by molar-refractivity contribution is 5.68. The van der Waals surface area contributed by atoms with Gasteiger partial charge in [-0.1, -0.05) is 0 Å². The van der Waals surface area contributed by atoms with E-state index >= 15 is 0 Å². The Kier molecular flexibility index (Phi) is 4.32. The van der Waals surface area contributed by atoms with Crippen LogP contribution in [0.3, 0.4) is 0 Å². The number of aromatic nitrogens is 1. The summed E-state index contributed by atoms with van der Waals surface area (Å²) in [6.45, 7) is 13.5. The number of amides is 1. The molecule has 0 saturated carbocycles. The molecule has 0 spiro atoms. The van der Waals surface area contributed by atoms with Gasteiger partial charge in [-0.15, -0.1) is 0 Å². The van der Waals surface area contributed by atoms with E-state index in [1.165, 1.54) is 6.20 Å². The minimum absolute atomic E-state index is 0.0937. The maximum absolute atomic E-state index is 11.9. The van der Waals surface area contributed by atoms with Gasteiger partial charge in [-0.05, 0) is 32.9 Å². The van der Waals surface area contributed by atoms with Gasteiger partial charge in [-0.2, -0.15) is 0 Å². The van der Waals surface area contributed by atoms with Gasteiger partial charge in [0.1, 0.15) is 11.7 Å². The average Bonchev–Trinajstić information content (AvgIpc) is 2.86. The second-order valence-corrected chi connectivity index (χ2v) is 5.92. The number of ether oxygens (including phenoxy) is 2. The number of carbonyl (C=O) groups excluding carboxylic acids is 1. The molecule has 6 heteroatoms. The van der Waals surface area contributed by atoms with E-state index in [9.17, 15) is 4.79 Å². The number of pyridine rings is 1. The van der Waals surface area contributed by atoms with Gasteiger partial charge in [0.25, 0.3) is 0 Å². The molecule has 0 bridgehead atoms. The fourth-order valence-electron chi connectivity index (χ4n) is 2.00. The maximum Gasteiger partial charge on any atom is 0.410 e. The van der Waals surface area contributed by atoms with E-state index in [0.717, 1.165) is 6.42 Å². The van der Waals surface area contributed by atoms with Crippen LogP contribution in [0.15, 0.2) is 18.3 Å². The highest BCUT2D eigenvalue weighted by Gasteiger charge is 2.30. The summed E-state index contributed by atoms with van der Waals surface area (Å²) in [5, 5.41) is 0. The summed E-state index contributed by atoms with van der Waals surface area (Å²) in [4.78, 5) is 20.9. The molecule has 0 aliphatic carbocycles. The molecule has 21 heavy (non-hydrogen) atoms. The lowest BCUT2D eigenvalue weighted by atomic mass is 10.2. The number of carbonyl (C=O) groups is 1. The molecule has 0 unspecified atom stereocenters. The lowest BCUT2D eigenvalue weighted by Gasteiger charge is -2.24. The Morgan fingerprint density at radius 1 is 1.48 bits per heavy atom. The van der Waals surface area contributed by atoms with Crippen LogP contribution in [-0.4, -0.2) is 40.8 Å². The second kappa shape index (κ2) is 6.00. The van der Waals surface area contributed by atoms with Crippen LogP contribution in [0.5, 0.6) is 5.88 Å². The predicted octanol–water partition coefficient (Wildman–Crippen LogP) is 3.02. The van der Waals surface area contributed by atoms with Crippen LogP contribution in [0.4, 0.5) is 10.5 Å². The topological polar surface area (TPSA) is 56.0 Å². The number of hydrogen-bond donors (Lipinski definition) is 0. The summed E-state index contributed by atoms with van der Waals surface area (Å²) in [7, 11) is 0. The Labute approximate surface area is 124 Å². The molecular weight excluding hydrogens is 270 g/mol. The molecule has 0 aromatic carbocycles. The molecule has 2 rings (SSSR count). The molecular formula is C15H19N3O3. The van der Waals surface area contributed by atoms with Gasteiger partial charge in [0.2, 0.25) is 11.6 Å². The zero-order valence-corrected chi connectivity index (χ0v) is 12.5. The van der Waals surface area contributed by atoms with Crippen molar-refractivity contribution in [2.45, 2.75) is 38.9 Å². The first-order chi connectivity index (χ1) is 9.87. The van der Waals surface area contributed by atoms with E-state index in [0.29, 0.717) is 24.7 Å². The van der Waals surface area contributed by atoms with Crippen molar-refractivity contribution in [2.75, 3.05) is 13.1 Å². The van der Waals surface area contributed by atoms with Gasteiger partial charge in [-0.3, -0.25) is 0 Å². The molecule has 112 valence electrons. The minimum Gasteiger partial charge on any atom is -0.472 e. The molecule has 1 amide bonds. The van der Waals surface area contributed by atoms with Crippen LogP contribution in [0.1, 0.15) is 27.2 Å². The third-order valence-electron chi connectivity index (χ3n) is 2.93. The van der Waals surface area contributed by atoms with Crippen LogP contribution >= 0.6 is 0 Å². The van der Waals surface area contributed by atoms with E-state index < -0.39 is 5.60 Å². The van der Waals surface area contributed by atoms with E-state index in [1.807, 2.05) is 20.8 Å². The largest absolute Gasteiger partial charge is 0.472 e. The van der Waals surface area contributed by atoms with Crippen molar-refractivity contribution in [3.63, 3.8) is 0 Å². The highest BCUT2D eigenvalue weighted by atomic mass is 16.6. The van der Waals surface area contributed by atoms with Gasteiger partial charge in [0.15, 0.2) is 0 Å². The van der Waals surface area contributed by atoms with Gasteiger partial charge in [0, 0.05) is 19.2 Å². The maximum atomic E-state index is 11.9. The normalized spacial score (nSPS) is 18.2. The molecule has 1 aromatic heterocycles. The molecule has 6 nitrogen and oxygen atoms in total. The quantitative estimate of drug-likeness (QED) is 0.785. The van der Waals surface area contributed by atoms with E-state index in [2.05, 4.69) is 9.83 Å². The standard InChI is InChI=1S/C15H19N3O3/c1-15(2,3)21-14(19)18-8-7-12(10-18)20-13-6-5-11(16-4)9-17-13/h5-6,9,12H,7-8,10H2,1-3H3/t12-/m0/s1. The minimum atomic E-state index is -0.493. The van der Waals surface area contributed by atoms with Gasteiger partial charge in [0.05, 0.1) is 13.1 Å². The van der Waals surface area contributed by atoms with Crippen molar-refractivity contribution in [1.29, 1.82) is 0 Å². The summed E-state index contributed by atoms with van der Waals surface area (Å²) in [5.74, 6) is 0.471. The first-order valence-corrected chi connectivity index (χ1v) is 6.85.